The van der Waals surface area contributed by atoms with E-state index >= 15 is 0 Å². The topological polar surface area (TPSA) is 96.0 Å². The number of fused-ring (bicyclic) bond motifs is 1. The Labute approximate surface area is 127 Å². The van der Waals surface area contributed by atoms with Gasteiger partial charge in [0.15, 0.2) is 11.5 Å². The standard InChI is InChI=1S/C13H8FN7S/c14-8-4-2-1-3-7(8)10-19-13(21-20-10)22-12-9-11(16-5-15-9)17-6-18-12/h1-6H,(H,19,20,21)(H,15,16,17,18). The molecule has 0 aliphatic heterocycles. The van der Waals surface area contributed by atoms with Crippen LogP contribution < -0.4 is 0 Å². The van der Waals surface area contributed by atoms with Gasteiger partial charge in [-0.15, -0.1) is 5.10 Å². The van der Waals surface area contributed by atoms with Gasteiger partial charge in [0.1, 0.15) is 22.7 Å². The number of hydrogen-bond donors (Lipinski definition) is 2. The van der Waals surface area contributed by atoms with E-state index < -0.39 is 0 Å². The summed E-state index contributed by atoms with van der Waals surface area (Å²) < 4.78 is 13.7. The molecule has 108 valence electrons. The lowest BCUT2D eigenvalue weighted by atomic mass is 10.2. The average molecular weight is 313 g/mol. The first-order valence-electron chi connectivity index (χ1n) is 6.30. The number of benzene rings is 1. The van der Waals surface area contributed by atoms with Crippen molar-refractivity contribution in [1.29, 1.82) is 0 Å². The third-order valence-corrected chi connectivity index (χ3v) is 3.84. The monoisotopic (exact) mass is 313 g/mol. The third kappa shape index (κ3) is 2.21. The van der Waals surface area contributed by atoms with Crippen LogP contribution in [-0.2, 0) is 0 Å². The molecule has 3 heterocycles. The summed E-state index contributed by atoms with van der Waals surface area (Å²) in [5.74, 6) is 0.0173. The largest absolute Gasteiger partial charge is 0.341 e. The van der Waals surface area contributed by atoms with Crippen LogP contribution in [-0.4, -0.2) is 35.1 Å². The molecule has 4 rings (SSSR count). The van der Waals surface area contributed by atoms with Crippen LogP contribution in [0.4, 0.5) is 4.39 Å². The minimum Gasteiger partial charge on any atom is -0.341 e. The molecule has 0 amide bonds. The predicted octanol–water partition coefficient (Wildman–Crippen LogP) is 2.43. The van der Waals surface area contributed by atoms with E-state index in [-0.39, 0.29) is 5.82 Å². The first kappa shape index (κ1) is 12.9. The summed E-state index contributed by atoms with van der Waals surface area (Å²) in [4.78, 5) is 19.6. The minimum atomic E-state index is -0.354. The van der Waals surface area contributed by atoms with Crippen molar-refractivity contribution in [3.63, 3.8) is 0 Å². The molecule has 0 atom stereocenters. The molecular weight excluding hydrogens is 305 g/mol. The van der Waals surface area contributed by atoms with E-state index in [1.807, 2.05) is 0 Å². The molecule has 0 aliphatic rings. The maximum absolute atomic E-state index is 13.7. The summed E-state index contributed by atoms with van der Waals surface area (Å²) in [6.07, 6.45) is 2.97. The van der Waals surface area contributed by atoms with Crippen LogP contribution in [0.25, 0.3) is 22.6 Å². The predicted molar refractivity (Wildman–Crippen MR) is 77.6 cm³/mol. The Morgan fingerprint density at radius 1 is 1.09 bits per heavy atom. The van der Waals surface area contributed by atoms with Crippen LogP contribution in [0.2, 0.25) is 0 Å². The van der Waals surface area contributed by atoms with Gasteiger partial charge in [-0.3, -0.25) is 5.10 Å². The molecule has 9 heteroatoms. The van der Waals surface area contributed by atoms with Crippen LogP contribution in [0.15, 0.2) is 47.1 Å². The summed E-state index contributed by atoms with van der Waals surface area (Å²) in [5.41, 5.74) is 1.66. The highest BCUT2D eigenvalue weighted by atomic mass is 32.2. The molecule has 22 heavy (non-hydrogen) atoms. The van der Waals surface area contributed by atoms with E-state index in [1.54, 1.807) is 24.5 Å². The van der Waals surface area contributed by atoms with E-state index in [0.29, 0.717) is 32.7 Å². The number of rotatable bonds is 3. The summed E-state index contributed by atoms with van der Waals surface area (Å²) in [6.45, 7) is 0. The van der Waals surface area contributed by atoms with Crippen LogP contribution >= 0.6 is 11.8 Å². The highest BCUT2D eigenvalue weighted by molar-refractivity contribution is 7.99. The van der Waals surface area contributed by atoms with Crippen molar-refractivity contribution in [2.24, 2.45) is 0 Å². The van der Waals surface area contributed by atoms with Gasteiger partial charge in [-0.05, 0) is 23.9 Å². The van der Waals surface area contributed by atoms with Gasteiger partial charge in [-0.1, -0.05) is 12.1 Å². The number of halogens is 1. The number of H-pyrrole nitrogens is 2. The second-order valence-electron chi connectivity index (χ2n) is 4.33. The van der Waals surface area contributed by atoms with Crippen LogP contribution in [0, 0.1) is 5.82 Å². The van der Waals surface area contributed by atoms with E-state index in [2.05, 4.69) is 35.1 Å². The molecular formula is C13H8FN7S. The molecule has 4 aromatic rings. The second kappa shape index (κ2) is 5.19. The summed E-state index contributed by atoms with van der Waals surface area (Å²) >= 11 is 1.24. The van der Waals surface area contributed by atoms with Crippen molar-refractivity contribution < 1.29 is 4.39 Å². The van der Waals surface area contributed by atoms with Crippen molar-refractivity contribution in [1.82, 2.24) is 35.1 Å². The Hall–Kier alpha value is -2.81. The average Bonchev–Trinajstić information content (AvgIpc) is 3.17. The number of hydrogen-bond acceptors (Lipinski definition) is 6. The number of imidazole rings is 1. The highest BCUT2D eigenvalue weighted by Crippen LogP contribution is 2.28. The van der Waals surface area contributed by atoms with E-state index in [1.165, 1.54) is 24.2 Å². The van der Waals surface area contributed by atoms with Gasteiger partial charge in [0.2, 0.25) is 5.16 Å². The van der Waals surface area contributed by atoms with Crippen LogP contribution in [0.1, 0.15) is 0 Å². The summed E-state index contributed by atoms with van der Waals surface area (Å²) in [5, 5.41) is 7.91. The Morgan fingerprint density at radius 2 is 2.00 bits per heavy atom. The van der Waals surface area contributed by atoms with Crippen molar-refractivity contribution in [2.75, 3.05) is 0 Å². The van der Waals surface area contributed by atoms with Crippen LogP contribution in [0.3, 0.4) is 0 Å². The van der Waals surface area contributed by atoms with Gasteiger partial charge in [0.25, 0.3) is 0 Å². The fraction of sp³-hybridized carbons (Fsp3) is 0. The molecule has 3 aromatic heterocycles. The summed E-state index contributed by atoms with van der Waals surface area (Å²) in [7, 11) is 0. The van der Waals surface area contributed by atoms with Gasteiger partial charge in [-0.25, -0.2) is 24.3 Å². The van der Waals surface area contributed by atoms with E-state index in [0.717, 1.165) is 0 Å². The van der Waals surface area contributed by atoms with Gasteiger partial charge < -0.3 is 4.98 Å². The normalized spacial score (nSPS) is 11.1. The Morgan fingerprint density at radius 3 is 2.91 bits per heavy atom. The van der Waals surface area contributed by atoms with Crippen molar-refractivity contribution in [2.45, 2.75) is 10.2 Å². The fourth-order valence-corrected chi connectivity index (χ4v) is 2.73. The van der Waals surface area contributed by atoms with Crippen LogP contribution in [0.5, 0.6) is 0 Å². The first-order chi connectivity index (χ1) is 10.8. The third-order valence-electron chi connectivity index (χ3n) is 2.97. The Bertz CT molecular complexity index is 948. The zero-order chi connectivity index (χ0) is 14.9. The van der Waals surface area contributed by atoms with Crippen molar-refractivity contribution >= 4 is 22.9 Å². The lowest BCUT2D eigenvalue weighted by Crippen LogP contribution is -1.87. The maximum Gasteiger partial charge on any atom is 0.215 e. The molecule has 1 aromatic carbocycles. The number of nitrogens with one attached hydrogen (secondary N) is 2. The SMILES string of the molecule is Fc1ccccc1-c1nc(Sc2ncnc3nc[nH]c23)n[nH]1. The molecule has 0 spiro atoms. The van der Waals surface area contributed by atoms with Crippen molar-refractivity contribution in [3.8, 4) is 11.4 Å². The fourth-order valence-electron chi connectivity index (χ4n) is 1.97. The second-order valence-corrected chi connectivity index (χ2v) is 5.28. The van der Waals surface area contributed by atoms with Gasteiger partial charge in [0.05, 0.1) is 11.9 Å². The zero-order valence-electron chi connectivity index (χ0n) is 11.0. The lowest BCUT2D eigenvalue weighted by Gasteiger charge is -1.97. The van der Waals surface area contributed by atoms with E-state index in [4.69, 9.17) is 0 Å². The molecule has 2 N–H and O–H groups in total. The molecule has 0 aliphatic carbocycles. The molecule has 7 nitrogen and oxygen atoms in total. The molecule has 0 bridgehead atoms. The Kier molecular flexibility index (Phi) is 3.04. The zero-order valence-corrected chi connectivity index (χ0v) is 11.8. The van der Waals surface area contributed by atoms with E-state index in [9.17, 15) is 4.39 Å². The van der Waals surface area contributed by atoms with Gasteiger partial charge in [-0.2, -0.15) is 0 Å². The molecule has 0 saturated heterocycles. The molecule has 0 saturated carbocycles. The number of aromatic nitrogens is 7. The maximum atomic E-state index is 13.7. The molecule has 0 unspecified atom stereocenters. The Balaban J connectivity index is 1.68. The number of nitrogens with zero attached hydrogens (tertiary/aromatic N) is 5. The molecule has 0 fully saturated rings. The first-order valence-corrected chi connectivity index (χ1v) is 7.12. The smallest absolute Gasteiger partial charge is 0.215 e. The van der Waals surface area contributed by atoms with Gasteiger partial charge in [0, 0.05) is 0 Å². The highest BCUT2D eigenvalue weighted by Gasteiger charge is 2.13. The quantitative estimate of drug-likeness (QED) is 0.564. The number of aromatic amines is 2. The lowest BCUT2D eigenvalue weighted by molar-refractivity contribution is 0.630. The van der Waals surface area contributed by atoms with Crippen molar-refractivity contribution in [3.05, 3.63) is 42.7 Å². The minimum absolute atomic E-state index is 0.354. The molecule has 0 radical (unpaired) electrons. The summed E-state index contributed by atoms with van der Waals surface area (Å²) in [6, 6.07) is 6.39. The van der Waals surface area contributed by atoms with Gasteiger partial charge >= 0.3 is 0 Å².